The van der Waals surface area contributed by atoms with Crippen LogP contribution in [-0.2, 0) is 6.54 Å². The molecule has 0 unspecified atom stereocenters. The number of carbonyl (C=O) groups excluding carboxylic acids is 1. The lowest BCUT2D eigenvalue weighted by Crippen LogP contribution is -2.29. The van der Waals surface area contributed by atoms with E-state index >= 15 is 0 Å². The predicted molar refractivity (Wildman–Crippen MR) is 99.5 cm³/mol. The second kappa shape index (κ2) is 6.64. The number of nitrogens with zero attached hydrogens (tertiary/aromatic N) is 2. The van der Waals surface area contributed by atoms with Crippen LogP contribution in [0.4, 0.5) is 4.39 Å². The monoisotopic (exact) mass is 356 g/mol. The number of fused-ring (bicyclic) bond motifs is 1. The fourth-order valence-corrected chi connectivity index (χ4v) is 4.61. The molecule has 1 aliphatic rings. The van der Waals surface area contributed by atoms with Crippen LogP contribution in [0.25, 0.3) is 10.2 Å². The highest BCUT2D eigenvalue weighted by Crippen LogP contribution is 2.36. The van der Waals surface area contributed by atoms with Gasteiger partial charge in [-0.1, -0.05) is 25.0 Å². The SMILES string of the molecule is CN(Cc1ccc(F)cc1)C(=O)c1cc2sccc2n1C1CCCC1. The summed E-state index contributed by atoms with van der Waals surface area (Å²) >= 11 is 1.68. The molecule has 130 valence electrons. The molecule has 0 atom stereocenters. The van der Waals surface area contributed by atoms with Gasteiger partial charge < -0.3 is 9.47 Å². The molecule has 5 heteroatoms. The van der Waals surface area contributed by atoms with Gasteiger partial charge in [0.2, 0.25) is 0 Å². The Morgan fingerprint density at radius 2 is 1.96 bits per heavy atom. The van der Waals surface area contributed by atoms with Crippen LogP contribution in [0, 0.1) is 5.82 Å². The van der Waals surface area contributed by atoms with E-state index in [4.69, 9.17) is 0 Å². The number of amides is 1. The highest BCUT2D eigenvalue weighted by molar-refractivity contribution is 7.17. The van der Waals surface area contributed by atoms with Crippen molar-refractivity contribution in [3.05, 3.63) is 58.9 Å². The van der Waals surface area contributed by atoms with Crippen LogP contribution in [0.5, 0.6) is 0 Å². The predicted octanol–water partition coefficient (Wildman–Crippen LogP) is 5.23. The average molecular weight is 356 g/mol. The molecule has 0 aliphatic heterocycles. The number of thiophene rings is 1. The molecule has 2 aromatic heterocycles. The number of benzene rings is 1. The van der Waals surface area contributed by atoms with Crippen LogP contribution in [0.1, 0.15) is 47.8 Å². The van der Waals surface area contributed by atoms with Crippen molar-refractivity contribution in [1.82, 2.24) is 9.47 Å². The second-order valence-electron chi connectivity index (χ2n) is 6.80. The smallest absolute Gasteiger partial charge is 0.270 e. The molecule has 4 rings (SSSR count). The summed E-state index contributed by atoms with van der Waals surface area (Å²) in [6, 6.07) is 10.9. The van der Waals surface area contributed by atoms with Gasteiger partial charge in [0.05, 0.1) is 10.2 Å². The quantitative estimate of drug-likeness (QED) is 0.628. The molecule has 0 N–H and O–H groups in total. The van der Waals surface area contributed by atoms with Crippen LogP contribution in [0.15, 0.2) is 41.8 Å². The maximum Gasteiger partial charge on any atom is 0.270 e. The van der Waals surface area contributed by atoms with E-state index in [1.54, 1.807) is 28.4 Å². The Morgan fingerprint density at radius 1 is 1.24 bits per heavy atom. The number of aromatic nitrogens is 1. The molecule has 0 spiro atoms. The number of hydrogen-bond donors (Lipinski definition) is 0. The number of rotatable bonds is 4. The first-order chi connectivity index (χ1) is 12.1. The van der Waals surface area contributed by atoms with Gasteiger partial charge in [0.25, 0.3) is 5.91 Å². The van der Waals surface area contributed by atoms with Crippen molar-refractivity contribution < 1.29 is 9.18 Å². The zero-order chi connectivity index (χ0) is 17.4. The maximum absolute atomic E-state index is 13.1. The summed E-state index contributed by atoms with van der Waals surface area (Å²) in [4.78, 5) is 14.8. The lowest BCUT2D eigenvalue weighted by atomic mass is 10.2. The summed E-state index contributed by atoms with van der Waals surface area (Å²) in [5.74, 6) is -0.229. The Morgan fingerprint density at radius 3 is 2.68 bits per heavy atom. The summed E-state index contributed by atoms with van der Waals surface area (Å²) < 4.78 is 16.5. The standard InChI is InChI=1S/C20H21FN2OS/c1-22(13-14-6-8-15(21)9-7-14)20(24)18-12-19-17(10-11-25-19)23(18)16-4-2-3-5-16/h6-12,16H,2-5,13H2,1H3. The summed E-state index contributed by atoms with van der Waals surface area (Å²) in [6.07, 6.45) is 4.74. The molecule has 0 bridgehead atoms. The Hall–Kier alpha value is -2.14. The molecule has 0 saturated heterocycles. The van der Waals surface area contributed by atoms with Crippen molar-refractivity contribution in [1.29, 1.82) is 0 Å². The highest BCUT2D eigenvalue weighted by Gasteiger charge is 2.26. The highest BCUT2D eigenvalue weighted by atomic mass is 32.1. The Kier molecular flexibility index (Phi) is 4.34. The van der Waals surface area contributed by atoms with Crippen LogP contribution in [-0.4, -0.2) is 22.4 Å². The first kappa shape index (κ1) is 16.3. The van der Waals surface area contributed by atoms with Gasteiger partial charge in [0.15, 0.2) is 0 Å². The van der Waals surface area contributed by atoms with E-state index in [9.17, 15) is 9.18 Å². The molecule has 1 aliphatic carbocycles. The summed E-state index contributed by atoms with van der Waals surface area (Å²) in [6.45, 7) is 0.475. The summed E-state index contributed by atoms with van der Waals surface area (Å²) in [7, 11) is 1.81. The van der Waals surface area contributed by atoms with Crippen molar-refractivity contribution >= 4 is 27.5 Å². The fourth-order valence-electron chi connectivity index (χ4n) is 3.80. The van der Waals surface area contributed by atoms with Crippen molar-refractivity contribution in [2.24, 2.45) is 0 Å². The molecule has 1 saturated carbocycles. The molecular weight excluding hydrogens is 335 g/mol. The number of hydrogen-bond acceptors (Lipinski definition) is 2. The van der Waals surface area contributed by atoms with Gasteiger partial charge >= 0.3 is 0 Å². The first-order valence-electron chi connectivity index (χ1n) is 8.72. The minimum Gasteiger partial charge on any atom is -0.336 e. The normalized spacial score (nSPS) is 15.1. The van der Waals surface area contributed by atoms with Crippen molar-refractivity contribution in [3.8, 4) is 0 Å². The molecule has 0 radical (unpaired) electrons. The van der Waals surface area contributed by atoms with E-state index in [1.165, 1.54) is 35.2 Å². The molecule has 1 fully saturated rings. The van der Waals surface area contributed by atoms with Gasteiger partial charge in [-0.3, -0.25) is 4.79 Å². The molecular formula is C20H21FN2OS. The van der Waals surface area contributed by atoms with Crippen molar-refractivity contribution in [2.45, 2.75) is 38.3 Å². The molecule has 2 heterocycles. The Labute approximate surface area is 150 Å². The molecule has 3 nitrogen and oxygen atoms in total. The number of halogens is 1. The van der Waals surface area contributed by atoms with Crippen LogP contribution < -0.4 is 0 Å². The summed E-state index contributed by atoms with van der Waals surface area (Å²) in [5.41, 5.74) is 2.88. The van der Waals surface area contributed by atoms with E-state index in [0.29, 0.717) is 12.6 Å². The topological polar surface area (TPSA) is 25.2 Å². The van der Waals surface area contributed by atoms with Gasteiger partial charge in [-0.05, 0) is 48.1 Å². The van der Waals surface area contributed by atoms with E-state index in [2.05, 4.69) is 16.0 Å². The van der Waals surface area contributed by atoms with Crippen LogP contribution in [0.2, 0.25) is 0 Å². The van der Waals surface area contributed by atoms with Gasteiger partial charge in [0.1, 0.15) is 11.5 Å². The van der Waals surface area contributed by atoms with Crippen molar-refractivity contribution in [2.75, 3.05) is 7.05 Å². The molecule has 3 aromatic rings. The van der Waals surface area contributed by atoms with Gasteiger partial charge in [0, 0.05) is 19.6 Å². The number of carbonyl (C=O) groups is 1. The third-order valence-corrected chi connectivity index (χ3v) is 5.90. The second-order valence-corrected chi connectivity index (χ2v) is 7.74. The molecule has 1 aromatic carbocycles. The third-order valence-electron chi connectivity index (χ3n) is 5.05. The van der Waals surface area contributed by atoms with Crippen molar-refractivity contribution in [3.63, 3.8) is 0 Å². The van der Waals surface area contributed by atoms with E-state index < -0.39 is 0 Å². The minimum atomic E-state index is -0.256. The van der Waals surface area contributed by atoms with Gasteiger partial charge in [-0.15, -0.1) is 11.3 Å². The lowest BCUT2D eigenvalue weighted by molar-refractivity contribution is 0.0772. The van der Waals surface area contributed by atoms with E-state index in [1.807, 2.05) is 13.1 Å². The van der Waals surface area contributed by atoms with Crippen LogP contribution in [0.3, 0.4) is 0 Å². The van der Waals surface area contributed by atoms with E-state index in [-0.39, 0.29) is 11.7 Å². The zero-order valence-corrected chi connectivity index (χ0v) is 15.1. The van der Waals surface area contributed by atoms with Gasteiger partial charge in [-0.2, -0.15) is 0 Å². The lowest BCUT2D eigenvalue weighted by Gasteiger charge is -2.21. The van der Waals surface area contributed by atoms with Crippen LogP contribution >= 0.6 is 11.3 Å². The third kappa shape index (κ3) is 3.09. The molecule has 1 amide bonds. The Bertz CT molecular complexity index is 890. The summed E-state index contributed by atoms with van der Waals surface area (Å²) in [5, 5.41) is 2.09. The largest absolute Gasteiger partial charge is 0.336 e. The minimum absolute atomic E-state index is 0.0274. The fraction of sp³-hybridized carbons (Fsp3) is 0.350. The average Bonchev–Trinajstić information content (AvgIpc) is 3.32. The Balaban J connectivity index is 1.63. The zero-order valence-electron chi connectivity index (χ0n) is 14.2. The van der Waals surface area contributed by atoms with Gasteiger partial charge in [-0.25, -0.2) is 4.39 Å². The molecule has 25 heavy (non-hydrogen) atoms. The van der Waals surface area contributed by atoms with E-state index in [0.717, 1.165) is 24.1 Å². The first-order valence-corrected chi connectivity index (χ1v) is 9.60. The maximum atomic E-state index is 13.1.